The summed E-state index contributed by atoms with van der Waals surface area (Å²) in [6.07, 6.45) is 3.94. The van der Waals surface area contributed by atoms with E-state index in [9.17, 15) is 8.42 Å². The molecule has 0 bridgehead atoms. The van der Waals surface area contributed by atoms with E-state index in [0.29, 0.717) is 30.5 Å². The van der Waals surface area contributed by atoms with Crippen molar-refractivity contribution in [3.63, 3.8) is 0 Å². The van der Waals surface area contributed by atoms with Gasteiger partial charge in [0.1, 0.15) is 10.6 Å². The van der Waals surface area contributed by atoms with E-state index in [0.717, 1.165) is 31.2 Å². The molecule has 1 aromatic rings. The molecule has 1 aromatic carbocycles. The Morgan fingerprint density at radius 1 is 1.40 bits per heavy atom. The summed E-state index contributed by atoms with van der Waals surface area (Å²) < 4.78 is 32.5. The zero-order chi connectivity index (χ0) is 14.3. The lowest BCUT2D eigenvalue weighted by atomic mass is 10.1. The van der Waals surface area contributed by atoms with Crippen LogP contribution in [0.25, 0.3) is 0 Å². The van der Waals surface area contributed by atoms with E-state index in [-0.39, 0.29) is 4.90 Å². The second-order valence-corrected chi connectivity index (χ2v) is 7.70. The maximum Gasteiger partial charge on any atom is 0.246 e. The van der Waals surface area contributed by atoms with Crippen molar-refractivity contribution in [2.75, 3.05) is 25.9 Å². The smallest absolute Gasteiger partial charge is 0.246 e. The molecule has 3 rings (SSSR count). The normalized spacial score (nSPS) is 18.7. The second-order valence-electron chi connectivity index (χ2n) is 5.69. The fourth-order valence-corrected chi connectivity index (χ4v) is 4.04. The molecule has 2 N–H and O–H groups in total. The Hall–Kier alpha value is -1.27. The molecule has 0 atom stereocenters. The summed E-state index contributed by atoms with van der Waals surface area (Å²) in [7, 11) is -1.90. The van der Waals surface area contributed by atoms with Crippen LogP contribution in [0.4, 0.5) is 5.69 Å². The third-order valence-corrected chi connectivity index (χ3v) is 5.72. The zero-order valence-electron chi connectivity index (χ0n) is 11.6. The van der Waals surface area contributed by atoms with Gasteiger partial charge in [-0.15, -0.1) is 0 Å². The number of sulfonamides is 1. The third-order valence-electron chi connectivity index (χ3n) is 3.89. The molecule has 6 heteroatoms. The quantitative estimate of drug-likeness (QED) is 0.857. The molecule has 1 fully saturated rings. The highest BCUT2D eigenvalue weighted by Gasteiger charge is 2.32. The van der Waals surface area contributed by atoms with E-state index in [1.54, 1.807) is 7.05 Å². The maximum absolute atomic E-state index is 12.7. The van der Waals surface area contributed by atoms with Crippen LogP contribution in [0.1, 0.15) is 24.8 Å². The summed E-state index contributed by atoms with van der Waals surface area (Å²) >= 11 is 0. The highest BCUT2D eigenvalue weighted by atomic mass is 32.2. The average molecular weight is 296 g/mol. The summed E-state index contributed by atoms with van der Waals surface area (Å²) in [6, 6.07) is 3.33. The van der Waals surface area contributed by atoms with Gasteiger partial charge in [-0.2, -0.15) is 0 Å². The predicted octanol–water partition coefficient (Wildman–Crippen LogP) is 1.62. The van der Waals surface area contributed by atoms with Crippen molar-refractivity contribution in [1.29, 1.82) is 0 Å². The number of hydrogen-bond acceptors (Lipinski definition) is 4. The Kier molecular flexibility index (Phi) is 3.38. The lowest BCUT2D eigenvalue weighted by molar-refractivity contribution is 0.279. The van der Waals surface area contributed by atoms with Gasteiger partial charge < -0.3 is 10.5 Å². The molecule has 20 heavy (non-hydrogen) atoms. The van der Waals surface area contributed by atoms with Gasteiger partial charge in [0.2, 0.25) is 10.0 Å². The molecule has 5 nitrogen and oxygen atoms in total. The van der Waals surface area contributed by atoms with Crippen LogP contribution in [0.15, 0.2) is 17.0 Å². The van der Waals surface area contributed by atoms with E-state index in [1.165, 1.54) is 10.4 Å². The first-order valence-corrected chi connectivity index (χ1v) is 8.44. The number of nitrogens with zero attached hydrogens (tertiary/aromatic N) is 1. The van der Waals surface area contributed by atoms with Crippen LogP contribution in [0, 0.1) is 5.92 Å². The predicted molar refractivity (Wildman–Crippen MR) is 77.2 cm³/mol. The van der Waals surface area contributed by atoms with Crippen molar-refractivity contribution in [3.05, 3.63) is 17.7 Å². The largest absolute Gasteiger partial charge is 0.492 e. The van der Waals surface area contributed by atoms with Crippen molar-refractivity contribution in [2.24, 2.45) is 5.92 Å². The maximum atomic E-state index is 12.7. The van der Waals surface area contributed by atoms with Crippen LogP contribution >= 0.6 is 0 Å². The molecule has 0 unspecified atom stereocenters. The first kappa shape index (κ1) is 13.7. The van der Waals surface area contributed by atoms with E-state index < -0.39 is 10.0 Å². The SMILES string of the molecule is CN(CC1CC1)S(=O)(=O)c1cc(N)cc2c1OCCC2. The van der Waals surface area contributed by atoms with Crippen molar-refractivity contribution in [3.8, 4) is 5.75 Å². The number of aryl methyl sites for hydroxylation is 1. The molecule has 0 aromatic heterocycles. The van der Waals surface area contributed by atoms with Gasteiger partial charge >= 0.3 is 0 Å². The molecule has 0 radical (unpaired) electrons. The number of ether oxygens (including phenoxy) is 1. The van der Waals surface area contributed by atoms with E-state index >= 15 is 0 Å². The number of rotatable bonds is 4. The fraction of sp³-hybridized carbons (Fsp3) is 0.571. The van der Waals surface area contributed by atoms with Gasteiger partial charge in [0, 0.05) is 19.3 Å². The number of benzene rings is 1. The van der Waals surface area contributed by atoms with Gasteiger partial charge in [0.15, 0.2) is 0 Å². The number of nitrogen functional groups attached to an aromatic ring is 1. The van der Waals surface area contributed by atoms with Crippen LogP contribution < -0.4 is 10.5 Å². The minimum absolute atomic E-state index is 0.218. The summed E-state index contributed by atoms with van der Waals surface area (Å²) in [5, 5.41) is 0. The van der Waals surface area contributed by atoms with Gasteiger partial charge in [0.05, 0.1) is 6.61 Å². The van der Waals surface area contributed by atoms with Crippen LogP contribution in [0.2, 0.25) is 0 Å². The van der Waals surface area contributed by atoms with Crippen LogP contribution in [-0.2, 0) is 16.4 Å². The Bertz CT molecular complexity index is 624. The molecule has 0 amide bonds. The van der Waals surface area contributed by atoms with Gasteiger partial charge in [-0.3, -0.25) is 0 Å². The summed E-state index contributed by atoms with van der Waals surface area (Å²) in [5.74, 6) is 1.00. The van der Waals surface area contributed by atoms with E-state index in [4.69, 9.17) is 10.5 Å². The standard InChI is InChI=1S/C14H20N2O3S/c1-16(9-10-4-5-10)20(17,18)13-8-12(15)7-11-3-2-6-19-14(11)13/h7-8,10H,2-6,9,15H2,1H3. The van der Waals surface area contributed by atoms with Gasteiger partial charge in [-0.25, -0.2) is 12.7 Å². The molecule has 0 saturated heterocycles. The Morgan fingerprint density at radius 2 is 2.15 bits per heavy atom. The molecular formula is C14H20N2O3S. The van der Waals surface area contributed by atoms with Crippen molar-refractivity contribution < 1.29 is 13.2 Å². The lowest BCUT2D eigenvalue weighted by Gasteiger charge is -2.24. The monoisotopic (exact) mass is 296 g/mol. The lowest BCUT2D eigenvalue weighted by Crippen LogP contribution is -2.30. The average Bonchev–Trinajstić information content (AvgIpc) is 3.21. The number of hydrogen-bond donors (Lipinski definition) is 1. The number of nitrogens with two attached hydrogens (primary N) is 1. The van der Waals surface area contributed by atoms with Crippen molar-refractivity contribution in [1.82, 2.24) is 4.31 Å². The van der Waals surface area contributed by atoms with Crippen LogP contribution in [-0.4, -0.2) is 32.9 Å². The molecule has 0 spiro atoms. The number of anilines is 1. The van der Waals surface area contributed by atoms with Gasteiger partial charge in [0.25, 0.3) is 0 Å². The minimum Gasteiger partial charge on any atom is -0.492 e. The van der Waals surface area contributed by atoms with E-state index in [2.05, 4.69) is 0 Å². The topological polar surface area (TPSA) is 72.6 Å². The van der Waals surface area contributed by atoms with Crippen molar-refractivity contribution in [2.45, 2.75) is 30.6 Å². The van der Waals surface area contributed by atoms with Gasteiger partial charge in [-0.1, -0.05) is 0 Å². The Labute approximate surface area is 119 Å². The highest BCUT2D eigenvalue weighted by molar-refractivity contribution is 7.89. The summed E-state index contributed by atoms with van der Waals surface area (Å²) in [6.45, 7) is 1.14. The first-order valence-electron chi connectivity index (χ1n) is 7.00. The summed E-state index contributed by atoms with van der Waals surface area (Å²) in [4.78, 5) is 0.218. The van der Waals surface area contributed by atoms with Crippen LogP contribution in [0.5, 0.6) is 5.75 Å². The molecule has 1 heterocycles. The zero-order valence-corrected chi connectivity index (χ0v) is 12.4. The Balaban J connectivity index is 2.01. The summed E-state index contributed by atoms with van der Waals surface area (Å²) in [5.41, 5.74) is 7.23. The minimum atomic E-state index is -3.53. The second kappa shape index (κ2) is 4.93. The van der Waals surface area contributed by atoms with E-state index in [1.807, 2.05) is 6.07 Å². The first-order chi connectivity index (χ1) is 9.48. The third kappa shape index (κ3) is 2.50. The molecular weight excluding hydrogens is 276 g/mol. The molecule has 2 aliphatic rings. The number of fused-ring (bicyclic) bond motifs is 1. The molecule has 1 saturated carbocycles. The van der Waals surface area contributed by atoms with Gasteiger partial charge in [-0.05, 0) is 49.3 Å². The molecule has 1 aliphatic carbocycles. The highest BCUT2D eigenvalue weighted by Crippen LogP contribution is 2.37. The van der Waals surface area contributed by atoms with Crippen molar-refractivity contribution >= 4 is 15.7 Å². The molecule has 1 aliphatic heterocycles. The fourth-order valence-electron chi connectivity index (χ4n) is 2.59. The van der Waals surface area contributed by atoms with Crippen LogP contribution in [0.3, 0.4) is 0 Å². The molecule has 110 valence electrons. The Morgan fingerprint density at radius 3 is 2.85 bits per heavy atom.